The molecule has 41 heavy (non-hydrogen) atoms. The Morgan fingerprint density at radius 1 is 1.00 bits per heavy atom. The summed E-state index contributed by atoms with van der Waals surface area (Å²) < 4.78 is 17.3. The number of nitrogens with zero attached hydrogens (tertiary/aromatic N) is 2. The van der Waals surface area contributed by atoms with Crippen LogP contribution in [0.4, 0.5) is 0 Å². The standard InChI is InChI=1S/C34H44N2O5/c1-5-27-8-7-11-30(25-27)32(38)36-20-23-40-34(26-36)15-18-35(19-16-34)17-12-28-9-6-10-29(24-28)13-21-39-22-14-31(37)41-33(2,3)4/h1,6-11,24-25H,12-23,26H2,2-4H3. The topological polar surface area (TPSA) is 68.3 Å². The van der Waals surface area contributed by atoms with Gasteiger partial charge in [0.25, 0.3) is 5.91 Å². The van der Waals surface area contributed by atoms with Crippen LogP contribution in [0.25, 0.3) is 0 Å². The van der Waals surface area contributed by atoms with Crippen LogP contribution in [0.2, 0.25) is 0 Å². The Bertz CT molecular complexity index is 1220. The van der Waals surface area contributed by atoms with Crippen molar-refractivity contribution in [2.75, 3.05) is 52.5 Å². The van der Waals surface area contributed by atoms with E-state index in [0.29, 0.717) is 38.5 Å². The van der Waals surface area contributed by atoms with E-state index in [4.69, 9.17) is 20.6 Å². The maximum Gasteiger partial charge on any atom is 0.308 e. The average Bonchev–Trinajstić information content (AvgIpc) is 2.96. The van der Waals surface area contributed by atoms with E-state index in [-0.39, 0.29) is 23.9 Å². The molecule has 220 valence electrons. The number of morpholine rings is 1. The van der Waals surface area contributed by atoms with Crippen LogP contribution < -0.4 is 0 Å². The summed E-state index contributed by atoms with van der Waals surface area (Å²) in [4.78, 5) is 29.4. The molecule has 2 fully saturated rings. The second kappa shape index (κ2) is 14.1. The third-order valence-corrected chi connectivity index (χ3v) is 7.69. The molecular formula is C34H44N2O5. The van der Waals surface area contributed by atoms with Crippen LogP contribution in [0.1, 0.15) is 67.1 Å². The van der Waals surface area contributed by atoms with Crippen LogP contribution in [0.15, 0.2) is 48.5 Å². The molecule has 0 radical (unpaired) electrons. The second-order valence-electron chi connectivity index (χ2n) is 12.1. The fourth-order valence-electron chi connectivity index (χ4n) is 5.50. The predicted octanol–water partition coefficient (Wildman–Crippen LogP) is 4.51. The molecule has 2 aliphatic heterocycles. The van der Waals surface area contributed by atoms with Gasteiger partial charge in [0.2, 0.25) is 0 Å². The quantitative estimate of drug-likeness (QED) is 0.242. The number of likely N-dealkylation sites (tertiary alicyclic amines) is 1. The van der Waals surface area contributed by atoms with Gasteiger partial charge in [0.05, 0.1) is 38.4 Å². The lowest BCUT2D eigenvalue weighted by atomic mass is 9.89. The van der Waals surface area contributed by atoms with Crippen LogP contribution >= 0.6 is 0 Å². The number of hydrogen-bond donors (Lipinski definition) is 0. The molecule has 0 aromatic heterocycles. The Kier molecular flexibility index (Phi) is 10.6. The first-order valence-corrected chi connectivity index (χ1v) is 14.7. The normalized spacial score (nSPS) is 17.3. The Morgan fingerprint density at radius 3 is 2.46 bits per heavy atom. The van der Waals surface area contributed by atoms with Crippen molar-refractivity contribution in [3.05, 3.63) is 70.8 Å². The molecule has 2 heterocycles. The van der Waals surface area contributed by atoms with Crippen LogP contribution in [0.5, 0.6) is 0 Å². The second-order valence-corrected chi connectivity index (χ2v) is 12.1. The summed E-state index contributed by atoms with van der Waals surface area (Å²) >= 11 is 0. The summed E-state index contributed by atoms with van der Waals surface area (Å²) in [6, 6.07) is 16.0. The molecule has 7 heteroatoms. The molecule has 0 bridgehead atoms. The van der Waals surface area contributed by atoms with Gasteiger partial charge < -0.3 is 24.0 Å². The zero-order valence-electron chi connectivity index (χ0n) is 24.8. The summed E-state index contributed by atoms with van der Waals surface area (Å²) in [6.07, 6.45) is 9.43. The van der Waals surface area contributed by atoms with Gasteiger partial charge in [-0.2, -0.15) is 0 Å². The number of esters is 1. The molecule has 2 aromatic rings. The fraction of sp³-hybridized carbons (Fsp3) is 0.529. The van der Waals surface area contributed by atoms with Crippen molar-refractivity contribution in [1.82, 2.24) is 9.80 Å². The summed E-state index contributed by atoms with van der Waals surface area (Å²) in [7, 11) is 0. The number of benzene rings is 2. The van der Waals surface area contributed by atoms with Crippen molar-refractivity contribution < 1.29 is 23.8 Å². The molecule has 0 unspecified atom stereocenters. The van der Waals surface area contributed by atoms with Gasteiger partial charge >= 0.3 is 5.97 Å². The molecule has 0 atom stereocenters. The maximum atomic E-state index is 13.2. The van der Waals surface area contributed by atoms with Gasteiger partial charge in [-0.25, -0.2) is 0 Å². The minimum atomic E-state index is -0.463. The van der Waals surface area contributed by atoms with Gasteiger partial charge in [-0.15, -0.1) is 6.42 Å². The molecule has 1 amide bonds. The van der Waals surface area contributed by atoms with Gasteiger partial charge in [0.1, 0.15) is 5.60 Å². The van der Waals surface area contributed by atoms with Gasteiger partial charge in [-0.05, 0) is 75.8 Å². The van der Waals surface area contributed by atoms with Gasteiger partial charge in [-0.1, -0.05) is 36.3 Å². The van der Waals surface area contributed by atoms with Crippen molar-refractivity contribution in [3.8, 4) is 12.3 Å². The van der Waals surface area contributed by atoms with E-state index < -0.39 is 5.60 Å². The number of amides is 1. The molecule has 4 rings (SSSR count). The number of hydrogen-bond acceptors (Lipinski definition) is 6. The van der Waals surface area contributed by atoms with Gasteiger partial charge in [0, 0.05) is 37.3 Å². The lowest BCUT2D eigenvalue weighted by Gasteiger charge is -2.47. The van der Waals surface area contributed by atoms with Crippen molar-refractivity contribution in [2.45, 2.75) is 64.1 Å². The highest BCUT2D eigenvalue weighted by Crippen LogP contribution is 2.31. The first-order valence-electron chi connectivity index (χ1n) is 14.7. The van der Waals surface area contributed by atoms with Gasteiger partial charge in [0.15, 0.2) is 0 Å². The number of piperidine rings is 1. The molecule has 7 nitrogen and oxygen atoms in total. The van der Waals surface area contributed by atoms with E-state index in [1.807, 2.05) is 43.9 Å². The average molecular weight is 561 g/mol. The van der Waals surface area contributed by atoms with Gasteiger partial charge in [-0.3, -0.25) is 9.59 Å². The zero-order valence-corrected chi connectivity index (χ0v) is 24.8. The van der Waals surface area contributed by atoms with E-state index in [0.717, 1.165) is 50.9 Å². The summed E-state index contributed by atoms with van der Waals surface area (Å²) in [5.74, 6) is 2.42. The number of carbonyl (C=O) groups is 2. The van der Waals surface area contributed by atoms with Crippen molar-refractivity contribution in [3.63, 3.8) is 0 Å². The van der Waals surface area contributed by atoms with E-state index >= 15 is 0 Å². The highest BCUT2D eigenvalue weighted by molar-refractivity contribution is 5.94. The van der Waals surface area contributed by atoms with Crippen LogP contribution in [0.3, 0.4) is 0 Å². The maximum absolute atomic E-state index is 13.2. The SMILES string of the molecule is C#Cc1cccc(C(=O)N2CCOC3(CCN(CCc4cccc(CCOCCC(=O)OC(C)(C)C)c4)CC3)C2)c1. The summed E-state index contributed by atoms with van der Waals surface area (Å²) in [5, 5.41) is 0. The first kappa shape index (κ1) is 30.8. The Balaban J connectivity index is 1.18. The number of carbonyl (C=O) groups excluding carboxylic acids is 2. The van der Waals surface area contributed by atoms with E-state index in [9.17, 15) is 9.59 Å². The molecule has 0 aliphatic carbocycles. The summed E-state index contributed by atoms with van der Waals surface area (Å²) in [5.41, 5.74) is 3.19. The predicted molar refractivity (Wildman–Crippen MR) is 160 cm³/mol. The molecule has 2 aliphatic rings. The zero-order chi connectivity index (χ0) is 29.3. The number of ether oxygens (including phenoxy) is 3. The monoisotopic (exact) mass is 560 g/mol. The van der Waals surface area contributed by atoms with E-state index in [2.05, 4.69) is 35.1 Å². The van der Waals surface area contributed by atoms with Crippen molar-refractivity contribution in [1.29, 1.82) is 0 Å². The van der Waals surface area contributed by atoms with Crippen molar-refractivity contribution >= 4 is 11.9 Å². The largest absolute Gasteiger partial charge is 0.460 e. The minimum Gasteiger partial charge on any atom is -0.460 e. The highest BCUT2D eigenvalue weighted by atomic mass is 16.6. The molecular weight excluding hydrogens is 516 g/mol. The Morgan fingerprint density at radius 2 is 1.73 bits per heavy atom. The molecule has 0 N–H and O–H groups in total. The smallest absolute Gasteiger partial charge is 0.308 e. The third-order valence-electron chi connectivity index (χ3n) is 7.69. The lowest BCUT2D eigenvalue weighted by molar-refractivity contribution is -0.156. The molecule has 2 aromatic carbocycles. The lowest BCUT2D eigenvalue weighted by Crippen LogP contribution is -2.58. The molecule has 2 saturated heterocycles. The minimum absolute atomic E-state index is 0.0283. The molecule has 1 spiro atoms. The highest BCUT2D eigenvalue weighted by Gasteiger charge is 2.41. The van der Waals surface area contributed by atoms with E-state index in [1.54, 1.807) is 6.07 Å². The fourth-order valence-corrected chi connectivity index (χ4v) is 5.50. The Hall–Kier alpha value is -3.18. The molecule has 0 saturated carbocycles. The first-order chi connectivity index (χ1) is 19.6. The summed E-state index contributed by atoms with van der Waals surface area (Å²) in [6.45, 7) is 11.3. The van der Waals surface area contributed by atoms with Crippen LogP contribution in [-0.4, -0.2) is 85.4 Å². The van der Waals surface area contributed by atoms with Crippen LogP contribution in [0, 0.1) is 12.3 Å². The number of terminal acetylenes is 1. The third kappa shape index (κ3) is 9.43. The van der Waals surface area contributed by atoms with Crippen molar-refractivity contribution in [2.24, 2.45) is 0 Å². The number of rotatable bonds is 10. The van der Waals surface area contributed by atoms with E-state index in [1.165, 1.54) is 11.1 Å². The van der Waals surface area contributed by atoms with Crippen LogP contribution in [-0.2, 0) is 31.8 Å². The Labute approximate surface area is 245 Å².